The summed E-state index contributed by atoms with van der Waals surface area (Å²) >= 11 is 0. The Labute approximate surface area is 93.2 Å². The maximum Gasteiger partial charge on any atom is 0.374 e. The summed E-state index contributed by atoms with van der Waals surface area (Å²) in [5, 5.41) is 0. The van der Waals surface area contributed by atoms with Crippen molar-refractivity contribution in [3.63, 3.8) is 0 Å². The van der Waals surface area contributed by atoms with Crippen molar-refractivity contribution >= 4 is 17.5 Å². The number of rotatable bonds is 5. The van der Waals surface area contributed by atoms with E-state index >= 15 is 0 Å². The molecule has 0 heterocycles. The number of Topliss-reactive ketones (excluding diaryl/α,β-unsaturated/α-hetero) is 2. The molecule has 1 rings (SSSR count). The van der Waals surface area contributed by atoms with Gasteiger partial charge in [-0.25, -0.2) is 4.79 Å². The van der Waals surface area contributed by atoms with Gasteiger partial charge >= 0.3 is 5.97 Å². The van der Waals surface area contributed by atoms with E-state index < -0.39 is 11.8 Å². The molecule has 4 heteroatoms. The van der Waals surface area contributed by atoms with Gasteiger partial charge in [0.2, 0.25) is 5.78 Å². The fourth-order valence-corrected chi connectivity index (χ4v) is 1.12. The van der Waals surface area contributed by atoms with Crippen molar-refractivity contribution in [2.24, 2.45) is 0 Å². The topological polar surface area (TPSA) is 60.4 Å². The molecule has 0 aromatic heterocycles. The predicted octanol–water partition coefficient (Wildman–Crippen LogP) is 0.930. The summed E-state index contributed by atoms with van der Waals surface area (Å²) in [7, 11) is 0. The molecule has 1 aromatic rings. The number of carbonyl (C=O) groups excluding carboxylic acids is 3. The molecule has 16 heavy (non-hydrogen) atoms. The summed E-state index contributed by atoms with van der Waals surface area (Å²) < 4.78 is 4.50. The van der Waals surface area contributed by atoms with Gasteiger partial charge in [0.25, 0.3) is 0 Å². The molecule has 84 valence electrons. The van der Waals surface area contributed by atoms with Gasteiger partial charge in [0, 0.05) is 13.3 Å². The maximum atomic E-state index is 11.4. The van der Waals surface area contributed by atoms with Gasteiger partial charge in [-0.3, -0.25) is 9.59 Å². The second kappa shape index (κ2) is 5.80. The van der Waals surface area contributed by atoms with Crippen molar-refractivity contribution in [3.05, 3.63) is 35.9 Å². The zero-order valence-electron chi connectivity index (χ0n) is 8.93. The number of ketones is 2. The fourth-order valence-electron chi connectivity index (χ4n) is 1.12. The lowest BCUT2D eigenvalue weighted by Crippen LogP contribution is -2.20. The maximum absolute atomic E-state index is 11.4. The molecule has 0 fully saturated rings. The molecule has 4 nitrogen and oxygen atoms in total. The molecule has 0 N–H and O–H groups in total. The number of benzene rings is 1. The Kier molecular flexibility index (Phi) is 4.39. The fraction of sp³-hybridized carbons (Fsp3) is 0.250. The van der Waals surface area contributed by atoms with E-state index in [1.165, 1.54) is 0 Å². The Bertz CT molecular complexity index is 395. The van der Waals surface area contributed by atoms with E-state index in [1.54, 1.807) is 0 Å². The summed E-state index contributed by atoms with van der Waals surface area (Å²) in [5.41, 5.74) is 0.853. The van der Waals surface area contributed by atoms with Crippen LogP contribution >= 0.6 is 0 Å². The molecule has 0 bridgehead atoms. The minimum Gasteiger partial charge on any atom is -0.452 e. The second-order valence-electron chi connectivity index (χ2n) is 3.33. The van der Waals surface area contributed by atoms with Gasteiger partial charge in [-0.1, -0.05) is 30.3 Å². The first-order valence-corrected chi connectivity index (χ1v) is 4.83. The lowest BCUT2D eigenvalue weighted by molar-refractivity contribution is -0.154. The van der Waals surface area contributed by atoms with Crippen LogP contribution in [0.1, 0.15) is 12.5 Å². The highest BCUT2D eigenvalue weighted by Gasteiger charge is 2.11. The van der Waals surface area contributed by atoms with Gasteiger partial charge in [0.05, 0.1) is 0 Å². The quantitative estimate of drug-likeness (QED) is 0.547. The van der Waals surface area contributed by atoms with Crippen LogP contribution in [0.2, 0.25) is 0 Å². The molecule has 0 amide bonds. The molecule has 0 atom stereocenters. The third-order valence-electron chi connectivity index (χ3n) is 1.90. The van der Waals surface area contributed by atoms with Crippen molar-refractivity contribution in [3.8, 4) is 0 Å². The zero-order chi connectivity index (χ0) is 12.0. The van der Waals surface area contributed by atoms with Crippen molar-refractivity contribution in [1.29, 1.82) is 0 Å². The third kappa shape index (κ3) is 4.04. The van der Waals surface area contributed by atoms with Crippen LogP contribution < -0.4 is 0 Å². The molecular weight excluding hydrogens is 208 g/mol. The minimum atomic E-state index is -0.971. The summed E-state index contributed by atoms with van der Waals surface area (Å²) in [5.74, 6) is -1.91. The normalized spacial score (nSPS) is 9.56. The highest BCUT2D eigenvalue weighted by Crippen LogP contribution is 2.00. The van der Waals surface area contributed by atoms with Crippen LogP contribution in [0.3, 0.4) is 0 Å². The van der Waals surface area contributed by atoms with Crippen LogP contribution in [0.25, 0.3) is 0 Å². The Morgan fingerprint density at radius 1 is 1.12 bits per heavy atom. The number of hydrogen-bond acceptors (Lipinski definition) is 4. The number of ether oxygens (including phenoxy) is 1. The van der Waals surface area contributed by atoms with E-state index in [-0.39, 0.29) is 18.8 Å². The average Bonchev–Trinajstić information content (AvgIpc) is 2.27. The lowest BCUT2D eigenvalue weighted by atomic mass is 10.1. The minimum absolute atomic E-state index is 0.200. The first-order valence-electron chi connectivity index (χ1n) is 4.83. The van der Waals surface area contributed by atoms with E-state index in [2.05, 4.69) is 4.74 Å². The van der Waals surface area contributed by atoms with Crippen molar-refractivity contribution in [2.75, 3.05) is 6.61 Å². The number of esters is 1. The molecular formula is C12H12O4. The molecule has 0 unspecified atom stereocenters. The molecule has 0 aliphatic rings. The van der Waals surface area contributed by atoms with Gasteiger partial charge < -0.3 is 4.74 Å². The molecule has 0 saturated heterocycles. The SMILES string of the molecule is CC(=O)C(=O)OCC(=O)Cc1ccccc1. The monoisotopic (exact) mass is 220 g/mol. The van der Waals surface area contributed by atoms with Crippen molar-refractivity contribution in [1.82, 2.24) is 0 Å². The number of carbonyl (C=O) groups is 3. The highest BCUT2D eigenvalue weighted by atomic mass is 16.5. The first-order chi connectivity index (χ1) is 7.59. The Hall–Kier alpha value is -1.97. The van der Waals surface area contributed by atoms with E-state index in [0.717, 1.165) is 12.5 Å². The zero-order valence-corrected chi connectivity index (χ0v) is 8.93. The Morgan fingerprint density at radius 3 is 2.31 bits per heavy atom. The van der Waals surface area contributed by atoms with Gasteiger partial charge in [-0.15, -0.1) is 0 Å². The first kappa shape index (κ1) is 12.1. The van der Waals surface area contributed by atoms with Crippen LogP contribution in [0.5, 0.6) is 0 Å². The Balaban J connectivity index is 2.37. The van der Waals surface area contributed by atoms with Crippen LogP contribution in [-0.2, 0) is 25.5 Å². The molecule has 0 radical (unpaired) electrons. The molecule has 0 aliphatic carbocycles. The average molecular weight is 220 g/mol. The third-order valence-corrected chi connectivity index (χ3v) is 1.90. The van der Waals surface area contributed by atoms with Crippen LogP contribution in [0.4, 0.5) is 0 Å². The Morgan fingerprint density at radius 2 is 1.75 bits per heavy atom. The van der Waals surface area contributed by atoms with Gasteiger partial charge in [-0.2, -0.15) is 0 Å². The predicted molar refractivity (Wildman–Crippen MR) is 56.8 cm³/mol. The summed E-state index contributed by atoms with van der Waals surface area (Å²) in [6, 6.07) is 9.12. The highest BCUT2D eigenvalue weighted by molar-refractivity contribution is 6.32. The second-order valence-corrected chi connectivity index (χ2v) is 3.33. The largest absolute Gasteiger partial charge is 0.452 e. The van der Waals surface area contributed by atoms with Crippen LogP contribution in [-0.4, -0.2) is 24.1 Å². The van der Waals surface area contributed by atoms with E-state index in [4.69, 9.17) is 0 Å². The van der Waals surface area contributed by atoms with Crippen molar-refractivity contribution < 1.29 is 19.1 Å². The summed E-state index contributed by atoms with van der Waals surface area (Å²) in [4.78, 5) is 32.7. The molecule has 0 spiro atoms. The van der Waals surface area contributed by atoms with E-state index in [1.807, 2.05) is 30.3 Å². The number of hydrogen-bond donors (Lipinski definition) is 0. The van der Waals surface area contributed by atoms with Crippen LogP contribution in [0, 0.1) is 0 Å². The summed E-state index contributed by atoms with van der Waals surface area (Å²) in [6.45, 7) is 0.747. The molecule has 0 saturated carbocycles. The lowest BCUT2D eigenvalue weighted by Gasteiger charge is -2.02. The van der Waals surface area contributed by atoms with E-state index in [9.17, 15) is 14.4 Å². The smallest absolute Gasteiger partial charge is 0.374 e. The van der Waals surface area contributed by atoms with Gasteiger partial charge in [-0.05, 0) is 5.56 Å². The van der Waals surface area contributed by atoms with E-state index in [0.29, 0.717) is 0 Å². The van der Waals surface area contributed by atoms with Crippen LogP contribution in [0.15, 0.2) is 30.3 Å². The molecule has 1 aromatic carbocycles. The van der Waals surface area contributed by atoms with Gasteiger partial charge in [0.1, 0.15) is 0 Å². The summed E-state index contributed by atoms with van der Waals surface area (Å²) in [6.07, 6.45) is 0.200. The van der Waals surface area contributed by atoms with Gasteiger partial charge in [0.15, 0.2) is 12.4 Å². The van der Waals surface area contributed by atoms with Crippen molar-refractivity contribution in [2.45, 2.75) is 13.3 Å². The standard InChI is InChI=1S/C12H12O4/c1-9(13)12(15)16-8-11(14)7-10-5-3-2-4-6-10/h2-6H,7-8H2,1H3. The molecule has 0 aliphatic heterocycles.